The Morgan fingerprint density at radius 1 is 1.00 bits per heavy atom. The molecule has 0 unspecified atom stereocenters. The maximum Gasteiger partial charge on any atom is 1.00 e. The van der Waals surface area contributed by atoms with Gasteiger partial charge in [-0.3, -0.25) is 9.59 Å². The third kappa shape index (κ3) is 4.51. The average molecular weight is 621 g/mol. The van der Waals surface area contributed by atoms with Crippen LogP contribution < -0.4 is 39.6 Å². The van der Waals surface area contributed by atoms with Crippen molar-refractivity contribution in [2.45, 2.75) is 13.8 Å². The van der Waals surface area contributed by atoms with Gasteiger partial charge in [-0.05, 0) is 73.8 Å². The van der Waals surface area contributed by atoms with Crippen LogP contribution >= 0.6 is 67.8 Å². The second kappa shape index (κ2) is 8.60. The van der Waals surface area contributed by atoms with Gasteiger partial charge in [0.2, 0.25) is 11.8 Å². The molecule has 0 fully saturated rings. The first-order valence-corrected chi connectivity index (χ1v) is 8.12. The standard InChI is InChI=1S/C11H8I3NO4.Na/c1-4(16)15(5(2)17)7-3-6(11(18)19)8(12)10(14)9(7)13;/h3H,1-2H3,(H,18,19);/q;+1/p-1. The number of rotatable bonds is 2. The van der Waals surface area contributed by atoms with Gasteiger partial charge in [-0.15, -0.1) is 0 Å². The van der Waals surface area contributed by atoms with Crippen molar-refractivity contribution in [2.75, 3.05) is 4.90 Å². The first kappa shape index (κ1) is 21.0. The third-order valence-corrected chi connectivity index (χ3v) is 7.57. The summed E-state index contributed by atoms with van der Waals surface area (Å²) in [5, 5.41) is 11.1. The van der Waals surface area contributed by atoms with Gasteiger partial charge in [0.15, 0.2) is 0 Å². The van der Waals surface area contributed by atoms with E-state index in [0.717, 1.165) is 4.90 Å². The van der Waals surface area contributed by atoms with Gasteiger partial charge in [0.25, 0.3) is 0 Å². The number of halogens is 3. The summed E-state index contributed by atoms with van der Waals surface area (Å²) in [5.41, 5.74) is 0.234. The van der Waals surface area contributed by atoms with Crippen molar-refractivity contribution in [3.8, 4) is 0 Å². The van der Waals surface area contributed by atoms with Gasteiger partial charge in [0.1, 0.15) is 0 Å². The Labute approximate surface area is 178 Å². The number of nitrogens with zero attached hydrogens (tertiary/aromatic N) is 1. The summed E-state index contributed by atoms with van der Waals surface area (Å²) in [6.07, 6.45) is 0. The van der Waals surface area contributed by atoms with Gasteiger partial charge in [-0.2, -0.15) is 0 Å². The van der Waals surface area contributed by atoms with Crippen LogP contribution in [0.25, 0.3) is 0 Å². The maximum absolute atomic E-state index is 11.5. The van der Waals surface area contributed by atoms with Gasteiger partial charge < -0.3 is 9.90 Å². The molecule has 0 heterocycles. The first-order chi connectivity index (χ1) is 8.68. The first-order valence-electron chi connectivity index (χ1n) is 4.88. The molecule has 0 spiro atoms. The molecule has 1 aromatic carbocycles. The van der Waals surface area contributed by atoms with E-state index in [9.17, 15) is 19.5 Å². The molecule has 0 radical (unpaired) electrons. The number of carbonyl (C=O) groups is 3. The van der Waals surface area contributed by atoms with Crippen LogP contribution in [0.5, 0.6) is 0 Å². The molecule has 0 bridgehead atoms. The molecular formula is C11H7I3NNaO4. The summed E-state index contributed by atoms with van der Waals surface area (Å²) in [6.45, 7) is 2.50. The molecule has 1 aromatic rings. The van der Waals surface area contributed by atoms with E-state index in [1.54, 1.807) is 0 Å². The summed E-state index contributed by atoms with van der Waals surface area (Å²) in [4.78, 5) is 35.1. The number of hydrogen-bond donors (Lipinski definition) is 0. The van der Waals surface area contributed by atoms with Crippen LogP contribution in [-0.2, 0) is 9.59 Å². The van der Waals surface area contributed by atoms with Crippen molar-refractivity contribution < 1.29 is 49.0 Å². The van der Waals surface area contributed by atoms with Crippen LogP contribution in [0.3, 0.4) is 0 Å². The van der Waals surface area contributed by atoms with E-state index >= 15 is 0 Å². The van der Waals surface area contributed by atoms with E-state index < -0.39 is 17.8 Å². The van der Waals surface area contributed by atoms with Gasteiger partial charge >= 0.3 is 29.6 Å². The van der Waals surface area contributed by atoms with E-state index in [4.69, 9.17) is 0 Å². The molecule has 102 valence electrons. The Balaban J connectivity index is 0.00000361. The molecule has 0 aliphatic carbocycles. The van der Waals surface area contributed by atoms with Gasteiger partial charge in [-0.1, -0.05) is 0 Å². The molecule has 0 N–H and O–H groups in total. The molecule has 0 saturated heterocycles. The zero-order valence-corrected chi connectivity index (χ0v) is 19.3. The fraction of sp³-hybridized carbons (Fsp3) is 0.182. The maximum atomic E-state index is 11.5. The van der Waals surface area contributed by atoms with Crippen molar-refractivity contribution in [1.82, 2.24) is 0 Å². The molecule has 0 aromatic heterocycles. The van der Waals surface area contributed by atoms with Crippen LogP contribution in [0, 0.1) is 10.7 Å². The third-order valence-electron chi connectivity index (χ3n) is 2.22. The zero-order valence-electron chi connectivity index (χ0n) is 10.8. The molecule has 0 aliphatic heterocycles. The predicted molar refractivity (Wildman–Crippen MR) is 92.8 cm³/mol. The van der Waals surface area contributed by atoms with Gasteiger partial charge in [-0.25, -0.2) is 4.90 Å². The minimum atomic E-state index is -1.34. The normalized spacial score (nSPS) is 9.65. The van der Waals surface area contributed by atoms with E-state index in [2.05, 4.69) is 0 Å². The summed E-state index contributed by atoms with van der Waals surface area (Å²) in [7, 11) is 0. The number of anilines is 1. The molecule has 1 rings (SSSR count). The van der Waals surface area contributed by atoms with Crippen LogP contribution in [0.15, 0.2) is 6.07 Å². The number of hydrogen-bond acceptors (Lipinski definition) is 4. The fourth-order valence-corrected chi connectivity index (χ4v) is 3.86. The number of carbonyl (C=O) groups excluding carboxylic acids is 3. The summed E-state index contributed by atoms with van der Waals surface area (Å²) in [6, 6.07) is 1.30. The SMILES string of the molecule is CC(=O)N(C(C)=O)c1cc(C(=O)[O-])c(I)c(I)c1I.[Na+]. The number of carboxylic acids is 1. The topological polar surface area (TPSA) is 77.5 Å². The molecule has 0 aliphatic rings. The van der Waals surface area contributed by atoms with Crippen molar-refractivity contribution in [3.63, 3.8) is 0 Å². The summed E-state index contributed by atoms with van der Waals surface area (Å²) < 4.78 is 1.85. The molecule has 20 heavy (non-hydrogen) atoms. The van der Waals surface area contributed by atoms with Gasteiger partial charge in [0.05, 0.1) is 15.2 Å². The minimum Gasteiger partial charge on any atom is -0.545 e. The van der Waals surface area contributed by atoms with E-state index in [1.165, 1.54) is 19.9 Å². The summed E-state index contributed by atoms with van der Waals surface area (Å²) in [5.74, 6) is -2.27. The number of carboxylic acid groups (broad SMARTS) is 1. The van der Waals surface area contributed by atoms with Crippen LogP contribution in [0.4, 0.5) is 5.69 Å². The predicted octanol–water partition coefficient (Wildman–Crippen LogP) is -1.23. The number of benzene rings is 1. The Morgan fingerprint density at radius 2 is 1.45 bits per heavy atom. The van der Waals surface area contributed by atoms with Crippen molar-refractivity contribution in [2.24, 2.45) is 0 Å². The molecule has 0 atom stereocenters. The fourth-order valence-electron chi connectivity index (χ4n) is 1.46. The molecule has 2 amide bonds. The monoisotopic (exact) mass is 621 g/mol. The smallest absolute Gasteiger partial charge is 0.545 e. The second-order valence-corrected chi connectivity index (χ2v) is 6.78. The quantitative estimate of drug-likeness (QED) is 0.236. The Morgan fingerprint density at radius 3 is 1.80 bits per heavy atom. The molecule has 9 heteroatoms. The Bertz CT molecular complexity index is 578. The molecular weight excluding hydrogens is 614 g/mol. The Kier molecular flexibility index (Phi) is 9.04. The zero-order chi connectivity index (χ0) is 14.9. The molecule has 5 nitrogen and oxygen atoms in total. The number of amides is 2. The van der Waals surface area contributed by atoms with E-state index in [1.807, 2.05) is 67.8 Å². The second-order valence-electron chi connectivity index (χ2n) is 3.55. The van der Waals surface area contributed by atoms with Crippen LogP contribution in [0.2, 0.25) is 0 Å². The van der Waals surface area contributed by atoms with E-state index in [0.29, 0.717) is 10.7 Å². The van der Waals surface area contributed by atoms with Crippen molar-refractivity contribution in [1.29, 1.82) is 0 Å². The molecule has 0 saturated carbocycles. The van der Waals surface area contributed by atoms with Gasteiger partial charge in [0, 0.05) is 26.6 Å². The minimum absolute atomic E-state index is 0. The summed E-state index contributed by atoms with van der Waals surface area (Å²) >= 11 is 5.86. The number of aromatic carboxylic acids is 1. The average Bonchev–Trinajstić information content (AvgIpc) is 2.28. The largest absolute Gasteiger partial charge is 1.00 e. The van der Waals surface area contributed by atoms with E-state index in [-0.39, 0.29) is 40.8 Å². The van der Waals surface area contributed by atoms with Crippen molar-refractivity contribution in [3.05, 3.63) is 22.3 Å². The van der Waals surface area contributed by atoms with Crippen molar-refractivity contribution >= 4 is 91.2 Å². The number of imide groups is 1. The van der Waals surface area contributed by atoms with Crippen LogP contribution in [-0.4, -0.2) is 17.8 Å². The van der Waals surface area contributed by atoms with Crippen LogP contribution in [0.1, 0.15) is 24.2 Å². The Hall–Kier alpha value is 1.02.